The lowest BCUT2D eigenvalue weighted by molar-refractivity contribution is 0.100. The van der Waals surface area contributed by atoms with Crippen molar-refractivity contribution in [1.82, 2.24) is 4.98 Å². The Balaban J connectivity index is 2.18. The number of ketones is 1. The third-order valence-electron chi connectivity index (χ3n) is 3.57. The van der Waals surface area contributed by atoms with Crippen LogP contribution in [0, 0.1) is 18.6 Å². The van der Waals surface area contributed by atoms with Crippen molar-refractivity contribution in [3.63, 3.8) is 0 Å². The minimum Gasteiger partial charge on any atom is -0.494 e. The van der Waals surface area contributed by atoms with Crippen LogP contribution < -0.4 is 9.47 Å². The molecule has 1 aromatic carbocycles. The Hall–Kier alpha value is -2.96. The van der Waals surface area contributed by atoms with Crippen LogP contribution in [0.5, 0.6) is 11.5 Å². The number of aryl methyl sites for hydroxylation is 1. The molecule has 0 amide bonds. The van der Waals surface area contributed by atoms with Crippen LogP contribution >= 0.6 is 0 Å². The number of hydrogen-bond donors (Lipinski definition) is 0. The summed E-state index contributed by atoms with van der Waals surface area (Å²) in [5.74, 6) is -3.98. The first kappa shape index (κ1) is 15.9. The second kappa shape index (κ2) is 5.92. The molecule has 0 atom stereocenters. The number of nitrogens with zero attached hydrogens (tertiary/aromatic N) is 1. The van der Waals surface area contributed by atoms with Gasteiger partial charge in [-0.05, 0) is 19.1 Å². The Kier molecular flexibility index (Phi) is 3.92. The molecule has 0 saturated carbocycles. The summed E-state index contributed by atoms with van der Waals surface area (Å²) >= 11 is 0. The quantitative estimate of drug-likeness (QED) is 0.682. The van der Waals surface area contributed by atoms with Crippen LogP contribution in [0.4, 0.5) is 8.78 Å². The first-order valence-electron chi connectivity index (χ1n) is 6.97. The number of ether oxygens (including phenoxy) is 2. The predicted octanol–water partition coefficient (Wildman–Crippen LogP) is 3.66. The van der Waals surface area contributed by atoms with E-state index >= 15 is 0 Å². The minimum atomic E-state index is -1.12. The van der Waals surface area contributed by atoms with E-state index in [1.807, 2.05) is 0 Å². The summed E-state index contributed by atoms with van der Waals surface area (Å²) in [6.45, 7) is 1.78. The van der Waals surface area contributed by atoms with Crippen LogP contribution in [0.15, 0.2) is 28.8 Å². The molecule has 3 aromatic rings. The van der Waals surface area contributed by atoms with Crippen LogP contribution in [0.3, 0.4) is 0 Å². The number of benzene rings is 1. The smallest absolute Gasteiger partial charge is 0.234 e. The molecule has 2 heterocycles. The van der Waals surface area contributed by atoms with Gasteiger partial charge in [0.2, 0.25) is 5.78 Å². The van der Waals surface area contributed by atoms with Gasteiger partial charge in [0.1, 0.15) is 5.56 Å². The van der Waals surface area contributed by atoms with Crippen LogP contribution in [-0.4, -0.2) is 25.0 Å². The Morgan fingerprint density at radius 2 is 1.71 bits per heavy atom. The van der Waals surface area contributed by atoms with Crippen LogP contribution in [0.25, 0.3) is 11.0 Å². The molecule has 0 aliphatic rings. The fraction of sp³-hybridized carbons (Fsp3) is 0.176. The molecule has 3 rings (SSSR count). The molecule has 0 spiro atoms. The van der Waals surface area contributed by atoms with E-state index < -0.39 is 23.0 Å². The molecular weight excluding hydrogens is 320 g/mol. The topological polar surface area (TPSA) is 61.6 Å². The van der Waals surface area contributed by atoms with Crippen molar-refractivity contribution in [2.24, 2.45) is 0 Å². The van der Waals surface area contributed by atoms with Gasteiger partial charge in [-0.2, -0.15) is 0 Å². The Morgan fingerprint density at radius 1 is 1.08 bits per heavy atom. The van der Waals surface area contributed by atoms with Crippen LogP contribution in [-0.2, 0) is 0 Å². The number of furan rings is 1. The molecule has 2 aromatic heterocycles. The number of halogens is 2. The maximum absolute atomic E-state index is 14.4. The van der Waals surface area contributed by atoms with E-state index in [0.29, 0.717) is 11.0 Å². The van der Waals surface area contributed by atoms with Gasteiger partial charge in [0.15, 0.2) is 34.5 Å². The van der Waals surface area contributed by atoms with Gasteiger partial charge in [-0.1, -0.05) is 0 Å². The number of pyridine rings is 1. The van der Waals surface area contributed by atoms with E-state index in [0.717, 1.165) is 11.8 Å². The van der Waals surface area contributed by atoms with E-state index in [-0.39, 0.29) is 17.3 Å². The molecule has 5 nitrogen and oxygen atoms in total. The largest absolute Gasteiger partial charge is 0.494 e. The fourth-order valence-electron chi connectivity index (χ4n) is 2.38. The van der Waals surface area contributed by atoms with Crippen LogP contribution in [0.2, 0.25) is 0 Å². The molecular formula is C17H13F2NO4. The molecule has 0 aliphatic carbocycles. The standard InChI is InChI=1S/C17H13F2NO4/c1-8-4-9-5-12(24-13(9)7-20-8)17(21)14-15(18)10(22-2)6-11(23-3)16(14)19/h4-7H,1-3H3. The van der Waals surface area contributed by atoms with Gasteiger partial charge >= 0.3 is 0 Å². The van der Waals surface area contributed by atoms with E-state index in [1.165, 1.54) is 26.5 Å². The maximum atomic E-state index is 14.4. The molecule has 7 heteroatoms. The van der Waals surface area contributed by atoms with Gasteiger partial charge in [0.25, 0.3) is 0 Å². The number of aromatic nitrogens is 1. The Labute approximate surface area is 135 Å². The van der Waals surface area contributed by atoms with Crippen molar-refractivity contribution >= 4 is 16.8 Å². The lowest BCUT2D eigenvalue weighted by atomic mass is 10.1. The average molecular weight is 333 g/mol. The van der Waals surface area contributed by atoms with Crippen molar-refractivity contribution in [2.75, 3.05) is 14.2 Å². The summed E-state index contributed by atoms with van der Waals surface area (Å²) in [6, 6.07) is 4.15. The second-order valence-corrected chi connectivity index (χ2v) is 5.09. The highest BCUT2D eigenvalue weighted by molar-refractivity contribution is 6.09. The second-order valence-electron chi connectivity index (χ2n) is 5.09. The van der Waals surface area contributed by atoms with Crippen molar-refractivity contribution in [3.05, 3.63) is 53.0 Å². The van der Waals surface area contributed by atoms with Gasteiger partial charge in [-0.25, -0.2) is 8.78 Å². The van der Waals surface area contributed by atoms with E-state index in [9.17, 15) is 13.6 Å². The molecule has 0 fully saturated rings. The third-order valence-corrected chi connectivity index (χ3v) is 3.57. The van der Waals surface area contributed by atoms with Gasteiger partial charge in [0, 0.05) is 17.1 Å². The number of methoxy groups -OCH3 is 2. The van der Waals surface area contributed by atoms with Crippen molar-refractivity contribution < 1.29 is 27.5 Å². The molecule has 0 saturated heterocycles. The number of hydrogen-bond acceptors (Lipinski definition) is 5. The normalized spacial score (nSPS) is 10.9. The van der Waals surface area contributed by atoms with Crippen molar-refractivity contribution in [3.8, 4) is 11.5 Å². The Bertz CT molecular complexity index is 921. The predicted molar refractivity (Wildman–Crippen MR) is 81.6 cm³/mol. The molecule has 0 N–H and O–H groups in total. The summed E-state index contributed by atoms with van der Waals surface area (Å²) in [6.07, 6.45) is 1.44. The summed E-state index contributed by atoms with van der Waals surface area (Å²) in [5, 5.41) is 0.613. The first-order valence-corrected chi connectivity index (χ1v) is 6.97. The number of carbonyl (C=O) groups is 1. The number of carbonyl (C=O) groups excluding carboxylic acids is 1. The Morgan fingerprint density at radius 3 is 2.29 bits per heavy atom. The highest BCUT2D eigenvalue weighted by Crippen LogP contribution is 2.33. The molecule has 0 radical (unpaired) electrons. The van der Waals surface area contributed by atoms with Gasteiger partial charge in [-0.15, -0.1) is 0 Å². The third kappa shape index (κ3) is 2.47. The summed E-state index contributed by atoms with van der Waals surface area (Å²) in [7, 11) is 2.42. The molecule has 124 valence electrons. The molecule has 24 heavy (non-hydrogen) atoms. The summed E-state index contributed by atoms with van der Waals surface area (Å²) in [5.41, 5.74) is 0.275. The van der Waals surface area contributed by atoms with Crippen LogP contribution in [0.1, 0.15) is 21.8 Å². The highest BCUT2D eigenvalue weighted by atomic mass is 19.1. The van der Waals surface area contributed by atoms with Gasteiger partial charge in [0.05, 0.1) is 20.4 Å². The SMILES string of the molecule is COc1cc(OC)c(F)c(C(=O)c2cc3cc(C)ncc3o2)c1F. The number of fused-ring (bicyclic) bond motifs is 1. The zero-order valence-electron chi connectivity index (χ0n) is 13.1. The monoisotopic (exact) mass is 333 g/mol. The fourth-order valence-corrected chi connectivity index (χ4v) is 2.38. The molecule has 0 unspecified atom stereocenters. The molecule has 0 aliphatic heterocycles. The lowest BCUT2D eigenvalue weighted by Gasteiger charge is -2.10. The average Bonchev–Trinajstić information content (AvgIpc) is 2.98. The zero-order chi connectivity index (χ0) is 17.4. The van der Waals surface area contributed by atoms with E-state index in [1.54, 1.807) is 13.0 Å². The maximum Gasteiger partial charge on any atom is 0.234 e. The summed E-state index contributed by atoms with van der Waals surface area (Å²) in [4.78, 5) is 16.6. The van der Waals surface area contributed by atoms with Gasteiger partial charge < -0.3 is 13.9 Å². The molecule has 0 bridgehead atoms. The minimum absolute atomic E-state index is 0.203. The van der Waals surface area contributed by atoms with Gasteiger partial charge in [-0.3, -0.25) is 9.78 Å². The van der Waals surface area contributed by atoms with E-state index in [4.69, 9.17) is 13.9 Å². The number of rotatable bonds is 4. The zero-order valence-corrected chi connectivity index (χ0v) is 13.1. The summed E-state index contributed by atoms with van der Waals surface area (Å²) < 4.78 is 43.8. The lowest BCUT2D eigenvalue weighted by Crippen LogP contribution is -2.09. The van der Waals surface area contributed by atoms with Crippen molar-refractivity contribution in [1.29, 1.82) is 0 Å². The first-order chi connectivity index (χ1) is 11.5. The highest BCUT2D eigenvalue weighted by Gasteiger charge is 2.28. The van der Waals surface area contributed by atoms with Crippen molar-refractivity contribution in [2.45, 2.75) is 6.92 Å². The van der Waals surface area contributed by atoms with E-state index in [2.05, 4.69) is 4.98 Å².